The number of carbonyl (C=O) groups is 1. The van der Waals surface area contributed by atoms with Gasteiger partial charge in [-0.05, 0) is 43.5 Å². The quantitative estimate of drug-likeness (QED) is 0.592. The first kappa shape index (κ1) is 20.8. The van der Waals surface area contributed by atoms with E-state index >= 15 is 0 Å². The Hall–Kier alpha value is -2.94. The molecule has 0 aromatic heterocycles. The predicted molar refractivity (Wildman–Crippen MR) is 110 cm³/mol. The number of carbonyl (C=O) groups excluding carboxylic acids is 1. The highest BCUT2D eigenvalue weighted by Crippen LogP contribution is 2.35. The van der Waals surface area contributed by atoms with E-state index in [1.165, 1.54) is 12.1 Å². The van der Waals surface area contributed by atoms with Crippen LogP contribution in [0, 0.1) is 17.0 Å². The first-order valence-corrected chi connectivity index (χ1v) is 11.2. The van der Waals surface area contributed by atoms with Crippen LogP contribution in [-0.4, -0.2) is 44.6 Å². The number of nitrogens with zero attached hydrogens (tertiary/aromatic N) is 2. The van der Waals surface area contributed by atoms with Crippen LogP contribution in [0.1, 0.15) is 28.8 Å². The van der Waals surface area contributed by atoms with E-state index in [1.807, 2.05) is 30.0 Å². The van der Waals surface area contributed by atoms with Gasteiger partial charge in [0.25, 0.3) is 5.91 Å². The zero-order chi connectivity index (χ0) is 21.2. The second kappa shape index (κ2) is 8.20. The summed E-state index contributed by atoms with van der Waals surface area (Å²) in [5.41, 5.74) is 1.43. The Kier molecular flexibility index (Phi) is 5.88. The molecule has 29 heavy (non-hydrogen) atoms. The molecule has 1 heterocycles. The molecule has 0 radical (unpaired) electrons. The molecule has 154 valence electrons. The van der Waals surface area contributed by atoms with Gasteiger partial charge >= 0.3 is 5.69 Å². The third-order valence-electron chi connectivity index (χ3n) is 5.12. The number of nitro benzene ring substituents is 1. The molecule has 1 fully saturated rings. The van der Waals surface area contributed by atoms with E-state index in [2.05, 4.69) is 5.32 Å². The van der Waals surface area contributed by atoms with Crippen molar-refractivity contribution in [3.63, 3.8) is 0 Å². The van der Waals surface area contributed by atoms with Gasteiger partial charge in [-0.3, -0.25) is 14.9 Å². The van der Waals surface area contributed by atoms with Crippen molar-refractivity contribution in [1.29, 1.82) is 0 Å². The van der Waals surface area contributed by atoms with Crippen LogP contribution in [0.15, 0.2) is 47.4 Å². The van der Waals surface area contributed by atoms with Crippen LogP contribution in [0.2, 0.25) is 0 Å². The smallest absolute Gasteiger partial charge is 0.311 e. The molecule has 0 unspecified atom stereocenters. The van der Waals surface area contributed by atoms with E-state index in [-0.39, 0.29) is 16.8 Å². The normalized spacial score (nSPS) is 15.2. The Balaban J connectivity index is 1.74. The lowest BCUT2D eigenvalue weighted by molar-refractivity contribution is -0.387. The minimum absolute atomic E-state index is 0.0458. The second-order valence-corrected chi connectivity index (χ2v) is 9.19. The van der Waals surface area contributed by atoms with Gasteiger partial charge in [-0.25, -0.2) is 8.42 Å². The van der Waals surface area contributed by atoms with Crippen molar-refractivity contribution in [3.05, 3.63) is 63.7 Å². The first-order chi connectivity index (χ1) is 13.7. The van der Waals surface area contributed by atoms with Crippen LogP contribution in [0.3, 0.4) is 0 Å². The van der Waals surface area contributed by atoms with Gasteiger partial charge in [0.05, 0.1) is 4.92 Å². The van der Waals surface area contributed by atoms with Gasteiger partial charge < -0.3 is 10.2 Å². The maximum Gasteiger partial charge on any atom is 0.311 e. The number of aryl methyl sites for hydroxylation is 1. The number of benzene rings is 2. The molecule has 1 aliphatic rings. The Morgan fingerprint density at radius 3 is 2.38 bits per heavy atom. The van der Waals surface area contributed by atoms with E-state index in [0.29, 0.717) is 37.2 Å². The maximum absolute atomic E-state index is 12.5. The minimum Gasteiger partial charge on any atom is -0.366 e. The van der Waals surface area contributed by atoms with Crippen LogP contribution in [0.25, 0.3) is 0 Å². The summed E-state index contributed by atoms with van der Waals surface area (Å²) in [6.07, 6.45) is 2.18. The van der Waals surface area contributed by atoms with Crippen LogP contribution >= 0.6 is 0 Å². The lowest BCUT2D eigenvalue weighted by atomic mass is 10.0. The van der Waals surface area contributed by atoms with Crippen LogP contribution in [0.5, 0.6) is 0 Å². The average Bonchev–Trinajstić information content (AvgIpc) is 2.67. The van der Waals surface area contributed by atoms with Gasteiger partial charge in [0.2, 0.25) is 0 Å². The molecule has 2 aromatic rings. The number of hydrogen-bond donors (Lipinski definition) is 1. The van der Waals surface area contributed by atoms with Gasteiger partial charge in [0, 0.05) is 31.0 Å². The van der Waals surface area contributed by atoms with Gasteiger partial charge in [-0.15, -0.1) is 0 Å². The average molecular weight is 417 g/mol. The number of nitro groups is 1. The van der Waals surface area contributed by atoms with E-state index in [0.717, 1.165) is 11.8 Å². The highest BCUT2D eigenvalue weighted by Gasteiger charge is 2.31. The second-order valence-electron chi connectivity index (χ2n) is 7.20. The number of amides is 1. The number of hydrogen-bond acceptors (Lipinski definition) is 6. The molecular weight excluding hydrogens is 394 g/mol. The van der Waals surface area contributed by atoms with E-state index in [4.69, 9.17) is 0 Å². The topological polar surface area (TPSA) is 110 Å². The third-order valence-corrected chi connectivity index (χ3v) is 6.25. The molecule has 8 nitrogen and oxygen atoms in total. The van der Waals surface area contributed by atoms with Crippen LogP contribution in [-0.2, 0) is 9.84 Å². The Labute approximate surface area is 169 Å². The van der Waals surface area contributed by atoms with Crippen molar-refractivity contribution in [1.82, 2.24) is 5.32 Å². The van der Waals surface area contributed by atoms with E-state index in [1.54, 1.807) is 12.1 Å². The Morgan fingerprint density at radius 1 is 1.14 bits per heavy atom. The lowest BCUT2D eigenvalue weighted by Gasteiger charge is -2.33. The molecule has 0 spiro atoms. The number of para-hydroxylation sites is 1. The zero-order valence-corrected chi connectivity index (χ0v) is 17.1. The number of sulfone groups is 1. The van der Waals surface area contributed by atoms with Crippen LogP contribution < -0.4 is 10.2 Å². The largest absolute Gasteiger partial charge is 0.366 e. The highest BCUT2D eigenvalue weighted by molar-refractivity contribution is 7.90. The molecule has 0 aliphatic carbocycles. The number of nitrogens with one attached hydrogen (secondary N) is 1. The zero-order valence-electron chi connectivity index (χ0n) is 16.3. The van der Waals surface area contributed by atoms with Crippen molar-refractivity contribution in [3.8, 4) is 0 Å². The van der Waals surface area contributed by atoms with Gasteiger partial charge in [0.1, 0.15) is 10.6 Å². The fourth-order valence-electron chi connectivity index (χ4n) is 3.60. The molecule has 9 heteroatoms. The SMILES string of the molecule is Cc1ccccc1C(=O)NC1CCN(c2cccc(S(C)(=O)=O)c2[N+](=O)[O-])CC1. The van der Waals surface area contributed by atoms with Gasteiger partial charge in [0.15, 0.2) is 9.84 Å². The monoisotopic (exact) mass is 417 g/mol. The van der Waals surface area contributed by atoms with Crippen molar-refractivity contribution in [2.75, 3.05) is 24.2 Å². The van der Waals surface area contributed by atoms with Crippen molar-refractivity contribution in [2.45, 2.75) is 30.7 Å². The van der Waals surface area contributed by atoms with Gasteiger partial charge in [-0.1, -0.05) is 24.3 Å². The summed E-state index contributed by atoms with van der Waals surface area (Å²) in [5, 5.41) is 14.6. The van der Waals surface area contributed by atoms with Crippen molar-refractivity contribution < 1.29 is 18.1 Å². The fourth-order valence-corrected chi connectivity index (χ4v) is 4.46. The number of piperidine rings is 1. The predicted octanol–water partition coefficient (Wildman–Crippen LogP) is 2.71. The molecule has 1 aliphatic heterocycles. The Bertz CT molecular complexity index is 1040. The summed E-state index contributed by atoms with van der Waals surface area (Å²) in [6.45, 7) is 2.84. The summed E-state index contributed by atoms with van der Waals surface area (Å²) in [6, 6.07) is 11.7. The minimum atomic E-state index is -3.73. The number of rotatable bonds is 5. The summed E-state index contributed by atoms with van der Waals surface area (Å²) < 4.78 is 23.9. The molecule has 0 bridgehead atoms. The highest BCUT2D eigenvalue weighted by atomic mass is 32.2. The van der Waals surface area contributed by atoms with E-state index in [9.17, 15) is 23.3 Å². The summed E-state index contributed by atoms with van der Waals surface area (Å²) in [7, 11) is -3.73. The first-order valence-electron chi connectivity index (χ1n) is 9.27. The van der Waals surface area contributed by atoms with Crippen molar-refractivity contribution in [2.24, 2.45) is 0 Å². The maximum atomic E-state index is 12.5. The molecule has 0 saturated carbocycles. The molecule has 2 aromatic carbocycles. The summed E-state index contributed by atoms with van der Waals surface area (Å²) >= 11 is 0. The standard InChI is InChI=1S/C20H23N3O5S/c1-14-6-3-4-7-16(14)20(24)21-15-10-12-22(13-11-15)17-8-5-9-18(29(2,27)28)19(17)23(25)26/h3-9,15H,10-13H2,1-2H3,(H,21,24). The van der Waals surface area contributed by atoms with Crippen molar-refractivity contribution >= 4 is 27.1 Å². The van der Waals surface area contributed by atoms with E-state index < -0.39 is 20.4 Å². The van der Waals surface area contributed by atoms with Gasteiger partial charge in [-0.2, -0.15) is 0 Å². The summed E-state index contributed by atoms with van der Waals surface area (Å²) in [4.78, 5) is 25.0. The molecule has 0 atom stereocenters. The molecule has 1 N–H and O–H groups in total. The third kappa shape index (κ3) is 4.56. The fraction of sp³-hybridized carbons (Fsp3) is 0.350. The summed E-state index contributed by atoms with van der Waals surface area (Å²) in [5.74, 6) is -0.133. The Morgan fingerprint density at radius 2 is 1.79 bits per heavy atom. The lowest BCUT2D eigenvalue weighted by Crippen LogP contribution is -2.45. The molecule has 1 saturated heterocycles. The molecular formula is C20H23N3O5S. The molecule has 3 rings (SSSR count). The number of anilines is 1. The molecule has 1 amide bonds. The van der Waals surface area contributed by atoms with Crippen LogP contribution in [0.4, 0.5) is 11.4 Å².